The standard InChI is InChI=1S/C20H18N8OS/c29-17(12-30-20-25-26-27-28(20)14-10-11-14)21-16-9-5-4-8-15(16)19-22-18(23-24-19)13-6-2-1-3-7-13/h1-9,14H,10-12H2,(H,21,29)(H,22,23,24). The molecule has 150 valence electrons. The number of hydrogen-bond acceptors (Lipinski definition) is 7. The summed E-state index contributed by atoms with van der Waals surface area (Å²) in [6, 6.07) is 17.6. The largest absolute Gasteiger partial charge is 0.325 e. The molecule has 2 heterocycles. The van der Waals surface area contributed by atoms with Gasteiger partial charge in [-0.3, -0.25) is 9.89 Å². The monoisotopic (exact) mass is 418 g/mol. The van der Waals surface area contributed by atoms with Gasteiger partial charge in [0, 0.05) is 11.1 Å². The lowest BCUT2D eigenvalue weighted by Gasteiger charge is -2.09. The first-order chi connectivity index (χ1) is 14.8. The van der Waals surface area contributed by atoms with Crippen LogP contribution in [0.15, 0.2) is 59.8 Å². The van der Waals surface area contributed by atoms with E-state index in [1.165, 1.54) is 11.8 Å². The quantitative estimate of drug-likeness (QED) is 0.443. The number of nitrogens with one attached hydrogen (secondary N) is 2. The summed E-state index contributed by atoms with van der Waals surface area (Å²) in [7, 11) is 0. The Morgan fingerprint density at radius 2 is 1.93 bits per heavy atom. The molecule has 10 heteroatoms. The summed E-state index contributed by atoms with van der Waals surface area (Å²) in [5.74, 6) is 1.28. The number of nitrogens with zero attached hydrogens (tertiary/aromatic N) is 6. The number of para-hydroxylation sites is 1. The Kier molecular flexibility index (Phi) is 4.98. The van der Waals surface area contributed by atoms with Gasteiger partial charge in [0.05, 0.1) is 17.5 Å². The number of carbonyl (C=O) groups is 1. The van der Waals surface area contributed by atoms with Crippen LogP contribution in [0.4, 0.5) is 5.69 Å². The normalized spacial score (nSPS) is 13.3. The number of amides is 1. The molecule has 30 heavy (non-hydrogen) atoms. The third-order valence-electron chi connectivity index (χ3n) is 4.66. The van der Waals surface area contributed by atoms with Crippen LogP contribution in [0, 0.1) is 0 Å². The average molecular weight is 418 g/mol. The molecule has 5 rings (SSSR count). The Balaban J connectivity index is 1.29. The topological polar surface area (TPSA) is 114 Å². The summed E-state index contributed by atoms with van der Waals surface area (Å²) in [6.07, 6.45) is 2.17. The first kappa shape index (κ1) is 18.5. The predicted molar refractivity (Wildman–Crippen MR) is 113 cm³/mol. The van der Waals surface area contributed by atoms with Gasteiger partial charge >= 0.3 is 0 Å². The molecule has 0 saturated heterocycles. The lowest BCUT2D eigenvalue weighted by Crippen LogP contribution is -2.15. The fourth-order valence-electron chi connectivity index (χ4n) is 3.04. The van der Waals surface area contributed by atoms with Gasteiger partial charge < -0.3 is 5.32 Å². The number of H-pyrrole nitrogens is 1. The van der Waals surface area contributed by atoms with Gasteiger partial charge in [-0.1, -0.05) is 54.2 Å². The van der Waals surface area contributed by atoms with E-state index in [2.05, 4.69) is 36.0 Å². The molecule has 1 fully saturated rings. The summed E-state index contributed by atoms with van der Waals surface area (Å²) < 4.78 is 1.80. The van der Waals surface area contributed by atoms with Crippen LogP contribution in [0.5, 0.6) is 0 Å². The van der Waals surface area contributed by atoms with Gasteiger partial charge in [-0.05, 0) is 35.4 Å². The molecule has 0 atom stereocenters. The molecule has 0 unspecified atom stereocenters. The first-order valence-electron chi connectivity index (χ1n) is 9.55. The number of aromatic nitrogens is 7. The number of thioether (sulfide) groups is 1. The van der Waals surface area contributed by atoms with E-state index in [1.54, 1.807) is 4.68 Å². The van der Waals surface area contributed by atoms with Crippen LogP contribution in [-0.4, -0.2) is 47.0 Å². The molecule has 9 nitrogen and oxygen atoms in total. The lowest BCUT2D eigenvalue weighted by atomic mass is 10.1. The minimum atomic E-state index is -0.138. The summed E-state index contributed by atoms with van der Waals surface area (Å²) in [5, 5.41) is 22.6. The van der Waals surface area contributed by atoms with Crippen molar-refractivity contribution >= 4 is 23.4 Å². The highest BCUT2D eigenvalue weighted by Gasteiger charge is 2.28. The zero-order valence-electron chi connectivity index (χ0n) is 15.9. The molecule has 0 aliphatic heterocycles. The second kappa shape index (κ2) is 8.07. The number of hydrogen-bond donors (Lipinski definition) is 2. The average Bonchev–Trinajstić information content (AvgIpc) is 3.31. The van der Waals surface area contributed by atoms with E-state index in [-0.39, 0.29) is 11.7 Å². The Bertz CT molecular complexity index is 1170. The van der Waals surface area contributed by atoms with E-state index in [0.29, 0.717) is 28.5 Å². The first-order valence-corrected chi connectivity index (χ1v) is 10.5. The maximum atomic E-state index is 12.6. The van der Waals surface area contributed by atoms with Crippen LogP contribution in [0.2, 0.25) is 0 Å². The summed E-state index contributed by atoms with van der Waals surface area (Å²) in [4.78, 5) is 17.1. The van der Waals surface area contributed by atoms with E-state index in [9.17, 15) is 4.79 Å². The second-order valence-corrected chi connectivity index (χ2v) is 7.84. The fourth-order valence-corrected chi connectivity index (χ4v) is 3.79. The molecule has 0 radical (unpaired) electrons. The number of benzene rings is 2. The van der Waals surface area contributed by atoms with Crippen LogP contribution in [0.3, 0.4) is 0 Å². The van der Waals surface area contributed by atoms with E-state index < -0.39 is 0 Å². The van der Waals surface area contributed by atoms with Gasteiger partial charge in [0.2, 0.25) is 11.1 Å². The lowest BCUT2D eigenvalue weighted by molar-refractivity contribution is -0.113. The Labute approximate surface area is 176 Å². The highest BCUT2D eigenvalue weighted by molar-refractivity contribution is 7.99. The van der Waals surface area contributed by atoms with Crippen LogP contribution in [0.25, 0.3) is 22.8 Å². The molecule has 1 saturated carbocycles. The van der Waals surface area contributed by atoms with Gasteiger partial charge in [-0.2, -0.15) is 5.10 Å². The van der Waals surface area contributed by atoms with Gasteiger partial charge in [-0.15, -0.1) is 5.10 Å². The minimum absolute atomic E-state index is 0.138. The number of rotatable bonds is 7. The maximum absolute atomic E-state index is 12.6. The predicted octanol–water partition coefficient (Wildman–Crippen LogP) is 3.19. The summed E-state index contributed by atoms with van der Waals surface area (Å²) in [6.45, 7) is 0. The fraction of sp³-hybridized carbons (Fsp3) is 0.200. The van der Waals surface area contributed by atoms with Crippen molar-refractivity contribution in [3.05, 3.63) is 54.6 Å². The summed E-state index contributed by atoms with van der Waals surface area (Å²) >= 11 is 1.33. The van der Waals surface area contributed by atoms with Crippen molar-refractivity contribution in [1.29, 1.82) is 0 Å². The smallest absolute Gasteiger partial charge is 0.234 e. The van der Waals surface area contributed by atoms with Gasteiger partial charge in [0.25, 0.3) is 0 Å². The van der Waals surface area contributed by atoms with Crippen LogP contribution < -0.4 is 5.32 Å². The number of tetrazole rings is 1. The SMILES string of the molecule is O=C(CSc1nnnn1C1CC1)Nc1ccccc1-c1nc(-c2ccccc2)n[nH]1. The third-order valence-corrected chi connectivity index (χ3v) is 5.59. The van der Waals surface area contributed by atoms with Crippen molar-refractivity contribution in [3.63, 3.8) is 0 Å². The van der Waals surface area contributed by atoms with Crippen LogP contribution in [0.1, 0.15) is 18.9 Å². The van der Waals surface area contributed by atoms with Crippen molar-refractivity contribution in [2.75, 3.05) is 11.1 Å². The highest BCUT2D eigenvalue weighted by Crippen LogP contribution is 2.36. The second-order valence-electron chi connectivity index (χ2n) is 6.89. The molecular weight excluding hydrogens is 400 g/mol. The van der Waals surface area contributed by atoms with Crippen LogP contribution in [-0.2, 0) is 4.79 Å². The van der Waals surface area contributed by atoms with E-state index in [1.807, 2.05) is 54.6 Å². The molecule has 0 spiro atoms. The van der Waals surface area contributed by atoms with Crippen molar-refractivity contribution in [1.82, 2.24) is 35.4 Å². The van der Waals surface area contributed by atoms with Crippen molar-refractivity contribution in [2.24, 2.45) is 0 Å². The maximum Gasteiger partial charge on any atom is 0.234 e. The van der Waals surface area contributed by atoms with Gasteiger partial charge in [0.1, 0.15) is 0 Å². The van der Waals surface area contributed by atoms with Crippen LogP contribution >= 0.6 is 11.8 Å². The number of aromatic amines is 1. The minimum Gasteiger partial charge on any atom is -0.325 e. The van der Waals surface area contributed by atoms with Crippen molar-refractivity contribution < 1.29 is 4.79 Å². The Morgan fingerprint density at radius 1 is 1.13 bits per heavy atom. The van der Waals surface area contributed by atoms with Gasteiger partial charge in [0.15, 0.2) is 11.6 Å². The highest BCUT2D eigenvalue weighted by atomic mass is 32.2. The summed E-state index contributed by atoms with van der Waals surface area (Å²) in [5.41, 5.74) is 2.36. The molecule has 1 aliphatic rings. The molecule has 0 bridgehead atoms. The van der Waals surface area contributed by atoms with Crippen molar-refractivity contribution in [2.45, 2.75) is 24.0 Å². The molecule has 2 aromatic carbocycles. The Morgan fingerprint density at radius 3 is 2.77 bits per heavy atom. The molecule has 1 amide bonds. The molecule has 2 N–H and O–H groups in total. The molecule has 2 aromatic heterocycles. The van der Waals surface area contributed by atoms with Crippen molar-refractivity contribution in [3.8, 4) is 22.8 Å². The van der Waals surface area contributed by atoms with E-state index in [4.69, 9.17) is 0 Å². The number of anilines is 1. The molecule has 1 aliphatic carbocycles. The third kappa shape index (κ3) is 3.94. The molecular formula is C20H18N8OS. The Hall–Kier alpha value is -3.53. The zero-order valence-corrected chi connectivity index (χ0v) is 16.7. The van der Waals surface area contributed by atoms with Gasteiger partial charge in [-0.25, -0.2) is 9.67 Å². The zero-order chi connectivity index (χ0) is 20.3. The van der Waals surface area contributed by atoms with E-state index >= 15 is 0 Å². The molecule has 4 aromatic rings. The number of carbonyl (C=O) groups excluding carboxylic acids is 1. The van der Waals surface area contributed by atoms with E-state index in [0.717, 1.165) is 24.0 Å².